The van der Waals surface area contributed by atoms with E-state index in [1.165, 1.54) is 10.9 Å². The van der Waals surface area contributed by atoms with Gasteiger partial charge in [-0.15, -0.1) is 0 Å². The Balaban J connectivity index is 1.93. The number of fused-ring (bicyclic) bond motifs is 1. The zero-order valence-electron chi connectivity index (χ0n) is 12.2. The highest BCUT2D eigenvalue weighted by molar-refractivity contribution is 5.83. The molecule has 0 fully saturated rings. The van der Waals surface area contributed by atoms with Gasteiger partial charge in [-0.25, -0.2) is 4.68 Å². The lowest BCUT2D eigenvalue weighted by molar-refractivity contribution is -0.141. The summed E-state index contributed by atoms with van der Waals surface area (Å²) >= 11 is 0. The minimum absolute atomic E-state index is 0.232. The Morgan fingerprint density at radius 2 is 1.88 bits per heavy atom. The second kappa shape index (κ2) is 5.23. The Morgan fingerprint density at radius 1 is 1.00 bits per heavy atom. The molecule has 0 bridgehead atoms. The van der Waals surface area contributed by atoms with E-state index in [-0.39, 0.29) is 5.69 Å². The molecule has 7 heteroatoms. The summed E-state index contributed by atoms with van der Waals surface area (Å²) in [5, 5.41) is 5.48. The number of rotatable bonds is 2. The molecule has 0 atom stereocenters. The van der Waals surface area contributed by atoms with Crippen LogP contribution in [0.4, 0.5) is 13.2 Å². The number of pyridine rings is 1. The molecule has 120 valence electrons. The van der Waals surface area contributed by atoms with Crippen molar-refractivity contribution in [3.8, 4) is 17.1 Å². The van der Waals surface area contributed by atoms with E-state index in [2.05, 4.69) is 10.1 Å². The van der Waals surface area contributed by atoms with Crippen molar-refractivity contribution in [2.45, 2.75) is 6.18 Å². The van der Waals surface area contributed by atoms with Gasteiger partial charge in [0.2, 0.25) is 0 Å². The predicted molar refractivity (Wildman–Crippen MR) is 81.6 cm³/mol. The standard InChI is InChI=1S/C17H10F3N3O/c18-17(19,20)16-9-14(15-2-1-7-24-15)23(22-16)13-4-3-11-5-6-21-10-12(11)8-13/h1-10H. The van der Waals surface area contributed by atoms with E-state index < -0.39 is 11.9 Å². The third-order valence-corrected chi connectivity index (χ3v) is 3.64. The van der Waals surface area contributed by atoms with Gasteiger partial charge in [-0.05, 0) is 35.7 Å². The van der Waals surface area contributed by atoms with E-state index in [4.69, 9.17) is 4.42 Å². The Hall–Kier alpha value is -3.09. The molecule has 4 nitrogen and oxygen atoms in total. The van der Waals surface area contributed by atoms with Crippen LogP contribution in [-0.2, 0) is 6.18 Å². The first-order valence-electron chi connectivity index (χ1n) is 7.08. The van der Waals surface area contributed by atoms with Crippen LogP contribution >= 0.6 is 0 Å². The van der Waals surface area contributed by atoms with Crippen molar-refractivity contribution in [2.24, 2.45) is 0 Å². The maximum Gasteiger partial charge on any atom is 0.435 e. The quantitative estimate of drug-likeness (QED) is 0.535. The molecule has 0 N–H and O–H groups in total. The van der Waals surface area contributed by atoms with Gasteiger partial charge < -0.3 is 4.42 Å². The van der Waals surface area contributed by atoms with E-state index >= 15 is 0 Å². The van der Waals surface area contributed by atoms with Gasteiger partial charge in [0, 0.05) is 23.8 Å². The highest BCUT2D eigenvalue weighted by atomic mass is 19.4. The molecule has 0 saturated carbocycles. The fraction of sp³-hybridized carbons (Fsp3) is 0.0588. The Labute approximate surface area is 134 Å². The molecule has 1 aromatic carbocycles. The van der Waals surface area contributed by atoms with Crippen LogP contribution in [-0.4, -0.2) is 14.8 Å². The maximum absolute atomic E-state index is 13.1. The molecule has 0 unspecified atom stereocenters. The summed E-state index contributed by atoms with van der Waals surface area (Å²) in [7, 11) is 0. The van der Waals surface area contributed by atoms with E-state index in [0.29, 0.717) is 11.4 Å². The summed E-state index contributed by atoms with van der Waals surface area (Å²) in [6.07, 6.45) is 0.181. The molecular weight excluding hydrogens is 319 g/mol. The summed E-state index contributed by atoms with van der Waals surface area (Å²) in [6.45, 7) is 0. The first kappa shape index (κ1) is 14.5. The van der Waals surface area contributed by atoms with E-state index in [0.717, 1.165) is 16.8 Å². The van der Waals surface area contributed by atoms with Crippen molar-refractivity contribution in [3.05, 3.63) is 66.8 Å². The number of furan rings is 1. The van der Waals surface area contributed by atoms with Gasteiger partial charge in [0.15, 0.2) is 11.5 Å². The second-order valence-electron chi connectivity index (χ2n) is 5.21. The number of hydrogen-bond acceptors (Lipinski definition) is 3. The van der Waals surface area contributed by atoms with Crippen LogP contribution in [0.1, 0.15) is 5.69 Å². The lowest BCUT2D eigenvalue weighted by atomic mass is 10.1. The van der Waals surface area contributed by atoms with Crippen LogP contribution in [0.5, 0.6) is 0 Å². The number of halogens is 3. The third-order valence-electron chi connectivity index (χ3n) is 3.64. The predicted octanol–water partition coefficient (Wildman–Crippen LogP) is 4.70. The Bertz CT molecular complexity index is 1000. The summed E-state index contributed by atoms with van der Waals surface area (Å²) in [4.78, 5) is 4.04. The van der Waals surface area contributed by atoms with Crippen molar-refractivity contribution in [3.63, 3.8) is 0 Å². The molecule has 3 aromatic heterocycles. The third kappa shape index (κ3) is 2.44. The maximum atomic E-state index is 13.1. The van der Waals surface area contributed by atoms with Gasteiger partial charge in [-0.3, -0.25) is 4.98 Å². The normalized spacial score (nSPS) is 12.0. The van der Waals surface area contributed by atoms with Crippen LogP contribution in [0.2, 0.25) is 0 Å². The molecule has 3 heterocycles. The minimum Gasteiger partial charge on any atom is -0.463 e. The second-order valence-corrected chi connectivity index (χ2v) is 5.21. The SMILES string of the molecule is FC(F)(F)c1cc(-c2ccco2)n(-c2ccc3ccncc3c2)n1. The van der Waals surface area contributed by atoms with Crippen LogP contribution in [0, 0.1) is 0 Å². The smallest absolute Gasteiger partial charge is 0.435 e. The topological polar surface area (TPSA) is 43.9 Å². The summed E-state index contributed by atoms with van der Waals surface area (Å²) in [5.41, 5.74) is -0.242. The minimum atomic E-state index is -4.54. The largest absolute Gasteiger partial charge is 0.463 e. The Kier molecular flexibility index (Phi) is 3.16. The van der Waals surface area contributed by atoms with Gasteiger partial charge in [0.05, 0.1) is 12.0 Å². The van der Waals surface area contributed by atoms with Crippen LogP contribution < -0.4 is 0 Å². The summed E-state index contributed by atoms with van der Waals surface area (Å²) < 4.78 is 45.7. The molecule has 0 amide bonds. The number of hydrogen-bond donors (Lipinski definition) is 0. The van der Waals surface area contributed by atoms with Gasteiger partial charge in [0.1, 0.15) is 5.69 Å². The molecule has 0 radical (unpaired) electrons. The van der Waals surface area contributed by atoms with Gasteiger partial charge in [-0.1, -0.05) is 6.07 Å². The van der Waals surface area contributed by atoms with E-state index in [1.807, 2.05) is 12.1 Å². The summed E-state index contributed by atoms with van der Waals surface area (Å²) in [6, 6.07) is 11.3. The molecule has 4 aromatic rings. The molecule has 0 aliphatic heterocycles. The highest BCUT2D eigenvalue weighted by Crippen LogP contribution is 2.33. The molecule has 24 heavy (non-hydrogen) atoms. The monoisotopic (exact) mass is 329 g/mol. The van der Waals surface area contributed by atoms with Gasteiger partial charge in [-0.2, -0.15) is 18.3 Å². The zero-order valence-corrected chi connectivity index (χ0v) is 12.2. The number of benzene rings is 1. The fourth-order valence-electron chi connectivity index (χ4n) is 2.52. The molecule has 4 rings (SSSR count). The fourth-order valence-corrected chi connectivity index (χ4v) is 2.52. The van der Waals surface area contributed by atoms with Crippen molar-refractivity contribution < 1.29 is 17.6 Å². The lowest BCUT2D eigenvalue weighted by Gasteiger charge is -2.07. The highest BCUT2D eigenvalue weighted by Gasteiger charge is 2.35. The van der Waals surface area contributed by atoms with Crippen molar-refractivity contribution in [1.29, 1.82) is 0 Å². The molecule has 0 aliphatic carbocycles. The first-order valence-corrected chi connectivity index (χ1v) is 7.08. The van der Waals surface area contributed by atoms with Crippen LogP contribution in [0.15, 0.2) is 65.5 Å². The first-order chi connectivity index (χ1) is 11.5. The molecule has 0 aliphatic rings. The van der Waals surface area contributed by atoms with E-state index in [9.17, 15) is 13.2 Å². The molecule has 0 spiro atoms. The van der Waals surface area contributed by atoms with Crippen LogP contribution in [0.25, 0.3) is 27.9 Å². The van der Waals surface area contributed by atoms with Crippen molar-refractivity contribution >= 4 is 10.8 Å². The average molecular weight is 329 g/mol. The van der Waals surface area contributed by atoms with Crippen LogP contribution in [0.3, 0.4) is 0 Å². The van der Waals surface area contributed by atoms with Gasteiger partial charge in [0.25, 0.3) is 0 Å². The van der Waals surface area contributed by atoms with Crippen molar-refractivity contribution in [2.75, 3.05) is 0 Å². The number of nitrogens with zero attached hydrogens (tertiary/aromatic N) is 3. The van der Waals surface area contributed by atoms with E-state index in [1.54, 1.807) is 36.7 Å². The zero-order chi connectivity index (χ0) is 16.7. The van der Waals surface area contributed by atoms with Gasteiger partial charge >= 0.3 is 6.18 Å². The Morgan fingerprint density at radius 3 is 2.62 bits per heavy atom. The number of alkyl halides is 3. The average Bonchev–Trinajstić information content (AvgIpc) is 3.23. The van der Waals surface area contributed by atoms with Crippen molar-refractivity contribution in [1.82, 2.24) is 14.8 Å². The molecular formula is C17H10F3N3O. The molecule has 0 saturated heterocycles. The summed E-state index contributed by atoms with van der Waals surface area (Å²) in [5.74, 6) is 0.310. The lowest BCUT2D eigenvalue weighted by Crippen LogP contribution is -2.07. The number of aromatic nitrogens is 3.